The Morgan fingerprint density at radius 1 is 1.02 bits per heavy atom. The Morgan fingerprint density at radius 2 is 1.78 bits per heavy atom. The second kappa shape index (κ2) is 9.50. The summed E-state index contributed by atoms with van der Waals surface area (Å²) in [4.78, 5) is 29.1. The van der Waals surface area contributed by atoms with E-state index in [2.05, 4.69) is 18.7 Å². The van der Waals surface area contributed by atoms with Crippen LogP contribution in [0.1, 0.15) is 56.8 Å². The molecule has 41 heavy (non-hydrogen) atoms. The lowest BCUT2D eigenvalue weighted by Crippen LogP contribution is -2.76. The minimum Gasteiger partial charge on any atom is -0.462 e. The highest BCUT2D eigenvalue weighted by atomic mass is 16.6. The summed E-state index contributed by atoms with van der Waals surface area (Å²) in [5, 5.41) is 0. The molecule has 8 nitrogen and oxygen atoms in total. The fourth-order valence-electron chi connectivity index (χ4n) is 12.0. The average Bonchev–Trinajstić information content (AvgIpc) is 3.38. The van der Waals surface area contributed by atoms with E-state index < -0.39 is 5.60 Å². The topological polar surface area (TPSA) is 83.5 Å². The van der Waals surface area contributed by atoms with Crippen molar-refractivity contribution < 1.29 is 33.3 Å². The summed E-state index contributed by atoms with van der Waals surface area (Å²) in [5.74, 6) is -0.304. The predicted molar refractivity (Wildman–Crippen MR) is 150 cm³/mol. The highest BCUT2D eigenvalue weighted by Crippen LogP contribution is 2.80. The van der Waals surface area contributed by atoms with Gasteiger partial charge in [-0.2, -0.15) is 0 Å². The fraction of sp³-hybridized carbons (Fsp3) is 0.758. The van der Waals surface area contributed by atoms with Crippen molar-refractivity contribution >= 4 is 11.9 Å². The number of esters is 2. The third kappa shape index (κ3) is 3.36. The van der Waals surface area contributed by atoms with E-state index in [1.54, 1.807) is 7.11 Å². The zero-order valence-corrected chi connectivity index (χ0v) is 25.2. The van der Waals surface area contributed by atoms with Crippen molar-refractivity contribution in [1.82, 2.24) is 4.90 Å². The van der Waals surface area contributed by atoms with Crippen molar-refractivity contribution in [1.29, 1.82) is 0 Å². The summed E-state index contributed by atoms with van der Waals surface area (Å²) in [6.45, 7) is 8.08. The molecule has 7 rings (SSSR count). The van der Waals surface area contributed by atoms with Crippen LogP contribution in [-0.2, 0) is 28.5 Å². The van der Waals surface area contributed by atoms with Crippen LogP contribution in [0.2, 0.25) is 0 Å². The number of piperidine rings is 1. The molecule has 0 radical (unpaired) electrons. The van der Waals surface area contributed by atoms with Crippen molar-refractivity contribution in [3.63, 3.8) is 0 Å². The van der Waals surface area contributed by atoms with Gasteiger partial charge in [0, 0.05) is 76.3 Å². The number of carbonyl (C=O) groups is 2. The Kier molecular flexibility index (Phi) is 6.44. The molecule has 1 saturated heterocycles. The molecular formula is C33H45NO7. The number of benzene rings is 1. The molecule has 8 heteroatoms. The van der Waals surface area contributed by atoms with Crippen molar-refractivity contribution in [3.8, 4) is 0 Å². The Bertz CT molecular complexity index is 1210. The molecule has 13 atom stereocenters. The van der Waals surface area contributed by atoms with Gasteiger partial charge < -0.3 is 23.7 Å². The first-order valence-electron chi connectivity index (χ1n) is 15.5. The summed E-state index contributed by atoms with van der Waals surface area (Å²) >= 11 is 0. The Balaban J connectivity index is 1.45. The molecular weight excluding hydrogens is 522 g/mol. The molecule has 13 unspecified atom stereocenters. The maximum absolute atomic E-state index is 13.6. The van der Waals surface area contributed by atoms with Gasteiger partial charge in [-0.1, -0.05) is 32.0 Å². The third-order valence-corrected chi connectivity index (χ3v) is 12.7. The van der Waals surface area contributed by atoms with E-state index in [0.29, 0.717) is 12.0 Å². The van der Waals surface area contributed by atoms with Crippen LogP contribution >= 0.6 is 0 Å². The highest BCUT2D eigenvalue weighted by Gasteiger charge is 2.87. The molecule has 1 heterocycles. The standard InChI is InChI=1S/C33H45NO7/c1-7-34-17-31(3)14-13-23(38-5)33-21-15-20-22(37-4)16-32(39-6,25(29(33)34)27(28(31)33)40-18(2)35)24(21)26(20)41-30(36)19-11-9-8-10-12-19/h8-12,20-29H,7,13-17H2,1-6H3. The van der Waals surface area contributed by atoms with Gasteiger partial charge in [0.05, 0.1) is 23.4 Å². The highest BCUT2D eigenvalue weighted by molar-refractivity contribution is 5.89. The lowest BCUT2D eigenvalue weighted by atomic mass is 9.43. The van der Waals surface area contributed by atoms with E-state index in [4.69, 9.17) is 23.7 Å². The molecule has 1 aromatic carbocycles. The minimum absolute atomic E-state index is 0.0219. The fourth-order valence-corrected chi connectivity index (χ4v) is 12.0. The Hall–Kier alpha value is -2.00. The first kappa shape index (κ1) is 27.8. The van der Waals surface area contributed by atoms with Crippen LogP contribution in [0.15, 0.2) is 30.3 Å². The largest absolute Gasteiger partial charge is 0.462 e. The minimum atomic E-state index is -0.676. The molecule has 1 aliphatic heterocycles. The van der Waals surface area contributed by atoms with Gasteiger partial charge in [-0.15, -0.1) is 0 Å². The quantitative estimate of drug-likeness (QED) is 0.458. The van der Waals surface area contributed by atoms with E-state index in [-0.39, 0.29) is 82.8 Å². The van der Waals surface area contributed by atoms with Crippen molar-refractivity contribution in [2.24, 2.45) is 40.4 Å². The van der Waals surface area contributed by atoms with Crippen molar-refractivity contribution in [2.45, 2.75) is 82.5 Å². The van der Waals surface area contributed by atoms with E-state index in [1.807, 2.05) is 44.6 Å². The number of ether oxygens (including phenoxy) is 5. The molecule has 224 valence electrons. The first-order valence-corrected chi connectivity index (χ1v) is 15.5. The number of rotatable bonds is 7. The van der Waals surface area contributed by atoms with Crippen LogP contribution in [0.5, 0.6) is 0 Å². The van der Waals surface area contributed by atoms with Crippen molar-refractivity contribution in [3.05, 3.63) is 35.9 Å². The van der Waals surface area contributed by atoms with E-state index in [1.165, 1.54) is 6.92 Å². The van der Waals surface area contributed by atoms with Gasteiger partial charge in [0.1, 0.15) is 12.2 Å². The van der Waals surface area contributed by atoms with Crippen LogP contribution in [0.3, 0.4) is 0 Å². The predicted octanol–water partition coefficient (Wildman–Crippen LogP) is 3.97. The van der Waals surface area contributed by atoms with Gasteiger partial charge in [-0.3, -0.25) is 9.69 Å². The molecule has 5 aliphatic carbocycles. The van der Waals surface area contributed by atoms with Gasteiger partial charge in [-0.05, 0) is 49.3 Å². The summed E-state index contributed by atoms with van der Waals surface area (Å²) in [6, 6.07) is 9.40. The molecule has 0 amide bonds. The zero-order valence-electron chi connectivity index (χ0n) is 25.2. The van der Waals surface area contributed by atoms with E-state index in [9.17, 15) is 9.59 Å². The zero-order chi connectivity index (χ0) is 28.9. The molecule has 7 bridgehead atoms. The van der Waals surface area contributed by atoms with Gasteiger partial charge >= 0.3 is 11.9 Å². The van der Waals surface area contributed by atoms with E-state index >= 15 is 0 Å². The SMILES string of the molecule is CCN1CC2(C)CCC(OC)C34C5CC6C(OC)CC(OC)(C5C6OC(=O)c5ccccc5)C(C(OC(C)=O)C23)C14. The summed E-state index contributed by atoms with van der Waals surface area (Å²) in [6.07, 6.45) is 2.80. The number of carbonyl (C=O) groups excluding carboxylic acids is 2. The normalized spacial score (nSPS) is 49.0. The maximum Gasteiger partial charge on any atom is 0.338 e. The van der Waals surface area contributed by atoms with Crippen LogP contribution in [-0.4, -0.2) is 87.3 Å². The third-order valence-electron chi connectivity index (χ3n) is 12.7. The average molecular weight is 568 g/mol. The molecule has 0 aromatic heterocycles. The Morgan fingerprint density at radius 3 is 2.41 bits per heavy atom. The van der Waals surface area contributed by atoms with Gasteiger partial charge in [-0.25, -0.2) is 4.79 Å². The molecule has 1 spiro atoms. The maximum atomic E-state index is 13.6. The summed E-state index contributed by atoms with van der Waals surface area (Å²) < 4.78 is 32.5. The summed E-state index contributed by atoms with van der Waals surface area (Å²) in [5.41, 5.74) is -0.401. The lowest BCUT2D eigenvalue weighted by Gasteiger charge is -2.69. The number of methoxy groups -OCH3 is 3. The van der Waals surface area contributed by atoms with Crippen molar-refractivity contribution in [2.75, 3.05) is 34.4 Å². The Labute approximate surface area is 243 Å². The second-order valence-electron chi connectivity index (χ2n) is 13.9. The smallest absolute Gasteiger partial charge is 0.338 e. The van der Waals surface area contributed by atoms with Crippen LogP contribution in [0, 0.1) is 40.4 Å². The molecule has 0 N–H and O–H groups in total. The summed E-state index contributed by atoms with van der Waals surface area (Å²) in [7, 11) is 5.42. The number of fused-ring (bicyclic) bond motifs is 2. The molecule has 5 saturated carbocycles. The first-order chi connectivity index (χ1) is 19.7. The van der Waals surface area contributed by atoms with Crippen LogP contribution < -0.4 is 0 Å². The molecule has 1 aromatic rings. The van der Waals surface area contributed by atoms with E-state index in [0.717, 1.165) is 32.4 Å². The number of hydrogen-bond acceptors (Lipinski definition) is 8. The van der Waals surface area contributed by atoms with Gasteiger partial charge in [0.2, 0.25) is 0 Å². The van der Waals surface area contributed by atoms with Crippen LogP contribution in [0.25, 0.3) is 0 Å². The van der Waals surface area contributed by atoms with Gasteiger partial charge in [0.25, 0.3) is 0 Å². The number of hydrogen-bond donors (Lipinski definition) is 0. The van der Waals surface area contributed by atoms with Crippen LogP contribution in [0.4, 0.5) is 0 Å². The monoisotopic (exact) mass is 567 g/mol. The number of nitrogens with zero attached hydrogens (tertiary/aromatic N) is 1. The van der Waals surface area contributed by atoms with Gasteiger partial charge in [0.15, 0.2) is 0 Å². The molecule has 6 fully saturated rings. The molecule has 6 aliphatic rings. The second-order valence-corrected chi connectivity index (χ2v) is 13.9. The lowest BCUT2D eigenvalue weighted by molar-refractivity contribution is -0.276. The number of likely N-dealkylation sites (tertiary alicyclic amines) is 1.